The lowest BCUT2D eigenvalue weighted by Crippen LogP contribution is -1.81. The van der Waals surface area contributed by atoms with Gasteiger partial charge in [0.15, 0.2) is 0 Å². The van der Waals surface area contributed by atoms with E-state index >= 15 is 0 Å². The Morgan fingerprint density at radius 3 is 1.20 bits per heavy atom. The largest absolute Gasteiger partial charge is 0.457 e. The number of nitriles is 2. The number of hydrogen-bond donors (Lipinski definition) is 0. The summed E-state index contributed by atoms with van der Waals surface area (Å²) in [6.07, 6.45) is 2.16. The fraction of sp³-hybridized carbons (Fsp3) is 0. The maximum absolute atomic E-state index is 9.21. The summed E-state index contributed by atoms with van der Waals surface area (Å²) >= 11 is 0. The molecule has 0 spiro atoms. The van der Waals surface area contributed by atoms with Crippen molar-refractivity contribution < 1.29 is 21.6 Å². The minimum Gasteiger partial charge on any atom is -0.457 e. The molecule has 0 fully saturated rings. The van der Waals surface area contributed by atoms with Gasteiger partial charge in [-0.3, -0.25) is 0 Å². The van der Waals surface area contributed by atoms with E-state index in [0.717, 1.165) is 23.9 Å². The van der Waals surface area contributed by atoms with Gasteiger partial charge in [-0.15, -0.1) is 0 Å². The van der Waals surface area contributed by atoms with Crippen LogP contribution in [-0.2, 0) is 21.0 Å². The molecule has 2 aromatic rings. The highest BCUT2D eigenvalue weighted by atomic mass is 32.2. The van der Waals surface area contributed by atoms with Crippen LogP contribution in [0.2, 0.25) is 0 Å². The first kappa shape index (κ1) is 21.5. The Morgan fingerprint density at radius 1 is 0.680 bits per heavy atom. The van der Waals surface area contributed by atoms with Crippen molar-refractivity contribution in [1.82, 2.24) is 0 Å². The monoisotopic (exact) mass is 378 g/mol. The number of para-hydroxylation sites is 2. The van der Waals surface area contributed by atoms with Crippen LogP contribution in [0, 0.1) is 22.9 Å². The van der Waals surface area contributed by atoms with Gasteiger partial charge in [-0.2, -0.15) is 27.4 Å². The molecule has 0 bridgehead atoms. The van der Waals surface area contributed by atoms with Crippen LogP contribution >= 0.6 is 0 Å². The summed E-state index contributed by atoms with van der Waals surface area (Å²) in [5.41, 5.74) is 0. The van der Waals surface area contributed by atoms with Crippen molar-refractivity contribution in [1.29, 1.82) is 10.5 Å². The summed E-state index contributed by atoms with van der Waals surface area (Å²) in [4.78, 5) is 0. The maximum Gasteiger partial charge on any atom is 0.326 e. The van der Waals surface area contributed by atoms with E-state index in [1.807, 2.05) is 60.7 Å². The normalized spacial score (nSPS) is 7.76. The molecule has 128 valence electrons. The molecular formula is C14H10N4O5S2. The minimum atomic E-state index is -2.55. The van der Waals surface area contributed by atoms with E-state index in [-0.39, 0.29) is 0 Å². The smallest absolute Gasteiger partial charge is 0.326 e. The summed E-state index contributed by atoms with van der Waals surface area (Å²) < 4.78 is 47.1. The molecule has 0 aromatic heterocycles. The van der Waals surface area contributed by atoms with Crippen LogP contribution in [-0.4, -0.2) is 16.8 Å². The first-order valence-corrected chi connectivity index (χ1v) is 8.22. The van der Waals surface area contributed by atoms with Crippen LogP contribution < -0.4 is 4.74 Å². The van der Waals surface area contributed by atoms with Crippen molar-refractivity contribution in [2.75, 3.05) is 0 Å². The van der Waals surface area contributed by atoms with Gasteiger partial charge in [0.2, 0.25) is 12.4 Å². The Kier molecular flexibility index (Phi) is 12.1. The number of ether oxygens (including phenoxy) is 1. The predicted octanol–water partition coefficient (Wildman–Crippen LogP) is 2.54. The Bertz CT molecular complexity index is 891. The van der Waals surface area contributed by atoms with Gasteiger partial charge in [0, 0.05) is 0 Å². The predicted molar refractivity (Wildman–Crippen MR) is 86.9 cm³/mol. The van der Waals surface area contributed by atoms with E-state index < -0.39 is 21.0 Å². The zero-order valence-corrected chi connectivity index (χ0v) is 14.1. The molecule has 0 N–H and O–H groups in total. The van der Waals surface area contributed by atoms with Gasteiger partial charge in [0.25, 0.3) is 0 Å². The molecule has 0 unspecified atom stereocenters. The average Bonchev–Trinajstić information content (AvgIpc) is 2.57. The lowest BCUT2D eigenvalue weighted by Gasteiger charge is -2.03. The zero-order chi connectivity index (χ0) is 18.9. The molecule has 9 nitrogen and oxygen atoms in total. The van der Waals surface area contributed by atoms with Gasteiger partial charge in [-0.05, 0) is 24.3 Å². The van der Waals surface area contributed by atoms with Gasteiger partial charge in [0.05, 0.1) is 0 Å². The molecule has 2 aromatic carbocycles. The lowest BCUT2D eigenvalue weighted by atomic mass is 10.3. The van der Waals surface area contributed by atoms with E-state index in [9.17, 15) is 16.8 Å². The second-order valence-electron chi connectivity index (χ2n) is 3.54. The fourth-order valence-electron chi connectivity index (χ4n) is 1.18. The summed E-state index contributed by atoms with van der Waals surface area (Å²) in [6.45, 7) is 0. The van der Waals surface area contributed by atoms with E-state index in [2.05, 4.69) is 8.73 Å². The Labute approximate surface area is 146 Å². The molecule has 0 heterocycles. The molecule has 0 amide bonds. The molecule has 25 heavy (non-hydrogen) atoms. The standard InChI is InChI=1S/C12H10O.2CN2O2S/c1-3-7-11(8-4-1)13-12-9-5-2-6-10-12;2*2-1-3-6(4)5/h1-10H;;. The molecule has 0 aliphatic heterocycles. The molecular weight excluding hydrogens is 368 g/mol. The van der Waals surface area contributed by atoms with E-state index in [4.69, 9.17) is 15.3 Å². The van der Waals surface area contributed by atoms with Crippen LogP contribution in [0.5, 0.6) is 11.5 Å². The molecule has 11 heteroatoms. The quantitative estimate of drug-likeness (QED) is 0.728. The van der Waals surface area contributed by atoms with Crippen LogP contribution in [0.15, 0.2) is 69.4 Å². The Balaban J connectivity index is 0.000000406. The van der Waals surface area contributed by atoms with Crippen LogP contribution in [0.3, 0.4) is 0 Å². The SMILES string of the molecule is N#CN=S(=O)=O.N#CN=S(=O)=O.c1ccc(Oc2ccccc2)cc1. The molecule has 0 radical (unpaired) electrons. The van der Waals surface area contributed by atoms with Crippen LogP contribution in [0.25, 0.3) is 0 Å². The third kappa shape index (κ3) is 13.8. The number of nitrogens with zero attached hydrogens (tertiary/aromatic N) is 4. The van der Waals surface area contributed by atoms with Gasteiger partial charge in [-0.1, -0.05) is 45.1 Å². The second-order valence-corrected chi connectivity index (χ2v) is 4.78. The first-order chi connectivity index (χ1) is 12.0. The van der Waals surface area contributed by atoms with Crippen molar-refractivity contribution in [3.8, 4) is 23.9 Å². The lowest BCUT2D eigenvalue weighted by molar-refractivity contribution is 0.482. The third-order valence-electron chi connectivity index (χ3n) is 1.95. The van der Waals surface area contributed by atoms with Crippen molar-refractivity contribution in [3.05, 3.63) is 60.7 Å². The van der Waals surface area contributed by atoms with E-state index in [0.29, 0.717) is 0 Å². The van der Waals surface area contributed by atoms with E-state index in [1.54, 1.807) is 0 Å². The van der Waals surface area contributed by atoms with Crippen LogP contribution in [0.1, 0.15) is 0 Å². The van der Waals surface area contributed by atoms with E-state index in [1.165, 1.54) is 0 Å². The highest BCUT2D eigenvalue weighted by Crippen LogP contribution is 2.19. The van der Waals surface area contributed by atoms with Crippen molar-refractivity contribution in [3.63, 3.8) is 0 Å². The maximum atomic E-state index is 9.21. The van der Waals surface area contributed by atoms with Gasteiger partial charge in [0.1, 0.15) is 11.5 Å². The Hall–Kier alpha value is -3.54. The third-order valence-corrected chi connectivity index (χ3v) is 2.41. The molecule has 2 rings (SSSR count). The summed E-state index contributed by atoms with van der Waals surface area (Å²) in [6, 6.07) is 19.5. The summed E-state index contributed by atoms with van der Waals surface area (Å²) in [5.74, 6) is 1.74. The summed E-state index contributed by atoms with van der Waals surface area (Å²) in [5, 5.41) is 14.9. The first-order valence-electron chi connectivity index (χ1n) is 6.16. The highest BCUT2D eigenvalue weighted by Gasteiger charge is 1.92. The number of benzene rings is 2. The molecule has 0 saturated heterocycles. The summed E-state index contributed by atoms with van der Waals surface area (Å²) in [7, 11) is -5.10. The minimum absolute atomic E-state index is 0.869. The average molecular weight is 378 g/mol. The van der Waals surface area contributed by atoms with Gasteiger partial charge < -0.3 is 4.74 Å². The molecule has 0 aliphatic carbocycles. The van der Waals surface area contributed by atoms with Gasteiger partial charge >= 0.3 is 21.0 Å². The molecule has 0 saturated carbocycles. The van der Waals surface area contributed by atoms with Crippen LogP contribution in [0.4, 0.5) is 0 Å². The second kappa shape index (κ2) is 14.1. The number of rotatable bonds is 2. The highest BCUT2D eigenvalue weighted by molar-refractivity contribution is 7.62. The fourth-order valence-corrected chi connectivity index (χ4v) is 1.31. The van der Waals surface area contributed by atoms with Crippen molar-refractivity contribution in [2.24, 2.45) is 8.73 Å². The van der Waals surface area contributed by atoms with Gasteiger partial charge in [-0.25, -0.2) is 0 Å². The van der Waals surface area contributed by atoms with Crippen molar-refractivity contribution >= 4 is 21.0 Å². The molecule has 0 atom stereocenters. The topological polar surface area (TPSA) is 150 Å². The number of hydrogen-bond acceptors (Lipinski definition) is 9. The zero-order valence-electron chi connectivity index (χ0n) is 12.4. The molecule has 0 aliphatic rings. The van der Waals surface area contributed by atoms with Crippen molar-refractivity contribution in [2.45, 2.75) is 0 Å². The Morgan fingerprint density at radius 2 is 1.00 bits per heavy atom.